The van der Waals surface area contributed by atoms with Gasteiger partial charge in [-0.05, 0) is 36.1 Å². The first-order valence-corrected chi connectivity index (χ1v) is 6.23. The minimum Gasteiger partial charge on any atom is -0.494 e. The van der Waals surface area contributed by atoms with Crippen LogP contribution in [0.3, 0.4) is 0 Å². The van der Waals surface area contributed by atoms with Crippen LogP contribution in [0, 0.1) is 0 Å². The van der Waals surface area contributed by atoms with Crippen LogP contribution in [0.25, 0.3) is 5.57 Å². The number of carbonyl (C=O) groups excluding carboxylic acids is 1. The van der Waals surface area contributed by atoms with Crippen molar-refractivity contribution in [1.82, 2.24) is 0 Å². The fourth-order valence-corrected chi connectivity index (χ4v) is 1.96. The summed E-state index contributed by atoms with van der Waals surface area (Å²) in [5.74, 6) is 1.26. The smallest absolute Gasteiger partial charge is 0.137 e. The van der Waals surface area contributed by atoms with E-state index in [4.69, 9.17) is 4.74 Å². The normalized spacial score (nSPS) is 15.6. The monoisotopic (exact) mass is 230 g/mol. The molecular formula is C15H18O2. The van der Waals surface area contributed by atoms with Crippen LogP contribution in [0.2, 0.25) is 0 Å². The second-order valence-corrected chi connectivity index (χ2v) is 4.35. The van der Waals surface area contributed by atoms with Crippen molar-refractivity contribution < 1.29 is 9.53 Å². The number of rotatable bonds is 4. The topological polar surface area (TPSA) is 26.3 Å². The molecule has 17 heavy (non-hydrogen) atoms. The van der Waals surface area contributed by atoms with E-state index in [9.17, 15) is 4.79 Å². The van der Waals surface area contributed by atoms with Gasteiger partial charge in [-0.25, -0.2) is 0 Å². The van der Waals surface area contributed by atoms with Gasteiger partial charge in [-0.3, -0.25) is 4.79 Å². The third-order valence-electron chi connectivity index (χ3n) is 2.95. The van der Waals surface area contributed by atoms with Crippen LogP contribution >= 0.6 is 0 Å². The van der Waals surface area contributed by atoms with Crippen LogP contribution in [-0.4, -0.2) is 12.4 Å². The second kappa shape index (κ2) is 5.67. The summed E-state index contributed by atoms with van der Waals surface area (Å²) < 4.78 is 5.54. The van der Waals surface area contributed by atoms with Crippen molar-refractivity contribution in [3.05, 3.63) is 35.9 Å². The zero-order valence-corrected chi connectivity index (χ0v) is 10.2. The molecule has 1 aliphatic carbocycles. The minimum absolute atomic E-state index is 0.344. The van der Waals surface area contributed by atoms with Gasteiger partial charge in [-0.1, -0.05) is 25.1 Å². The van der Waals surface area contributed by atoms with Crippen LogP contribution in [0.15, 0.2) is 30.3 Å². The molecule has 2 heteroatoms. The van der Waals surface area contributed by atoms with Crippen molar-refractivity contribution in [2.45, 2.75) is 32.6 Å². The summed E-state index contributed by atoms with van der Waals surface area (Å²) in [4.78, 5) is 11.1. The summed E-state index contributed by atoms with van der Waals surface area (Å²) in [7, 11) is 0. The van der Waals surface area contributed by atoms with Crippen molar-refractivity contribution in [2.75, 3.05) is 6.61 Å². The highest BCUT2D eigenvalue weighted by atomic mass is 16.5. The Morgan fingerprint density at radius 2 is 1.94 bits per heavy atom. The number of Topliss-reactive ketones (excluding diaryl/α,β-unsaturated/α-hetero) is 1. The molecule has 1 aromatic carbocycles. The van der Waals surface area contributed by atoms with Crippen molar-refractivity contribution in [3.8, 4) is 5.75 Å². The van der Waals surface area contributed by atoms with Gasteiger partial charge in [0.25, 0.3) is 0 Å². The maximum atomic E-state index is 11.1. The first-order chi connectivity index (χ1) is 8.29. The molecule has 0 N–H and O–H groups in total. The first kappa shape index (κ1) is 11.9. The number of carbonyl (C=O) groups is 1. The van der Waals surface area contributed by atoms with Crippen LogP contribution in [0.4, 0.5) is 0 Å². The van der Waals surface area contributed by atoms with Gasteiger partial charge in [0, 0.05) is 12.8 Å². The number of hydrogen-bond donors (Lipinski definition) is 0. The summed E-state index contributed by atoms with van der Waals surface area (Å²) in [6.45, 7) is 2.86. The SMILES string of the molecule is CCCOc1ccc(C2=CCC(=O)CC2)cc1. The zero-order chi connectivity index (χ0) is 12.1. The summed E-state index contributed by atoms with van der Waals surface area (Å²) in [6, 6.07) is 8.16. The van der Waals surface area contributed by atoms with Gasteiger partial charge < -0.3 is 4.74 Å². The fourth-order valence-electron chi connectivity index (χ4n) is 1.96. The summed E-state index contributed by atoms with van der Waals surface area (Å²) in [5.41, 5.74) is 2.49. The highest BCUT2D eigenvalue weighted by Gasteiger charge is 2.11. The molecule has 0 spiro atoms. The van der Waals surface area contributed by atoms with E-state index in [0.717, 1.165) is 25.2 Å². The Morgan fingerprint density at radius 1 is 1.18 bits per heavy atom. The number of ether oxygens (including phenoxy) is 1. The van der Waals surface area contributed by atoms with E-state index in [2.05, 4.69) is 19.1 Å². The molecule has 0 saturated carbocycles. The molecular weight excluding hydrogens is 212 g/mol. The van der Waals surface area contributed by atoms with E-state index in [1.165, 1.54) is 11.1 Å². The largest absolute Gasteiger partial charge is 0.494 e. The van der Waals surface area contributed by atoms with Gasteiger partial charge in [-0.15, -0.1) is 0 Å². The molecule has 0 radical (unpaired) electrons. The number of hydrogen-bond acceptors (Lipinski definition) is 2. The van der Waals surface area contributed by atoms with Crippen molar-refractivity contribution in [2.24, 2.45) is 0 Å². The van der Waals surface area contributed by atoms with Gasteiger partial charge in [0.15, 0.2) is 0 Å². The van der Waals surface area contributed by atoms with Gasteiger partial charge in [0.05, 0.1) is 6.61 Å². The number of allylic oxidation sites excluding steroid dienone is 2. The second-order valence-electron chi connectivity index (χ2n) is 4.35. The standard InChI is InChI=1S/C15H18O2/c1-2-11-17-15-9-5-13(6-10-15)12-3-7-14(16)8-4-12/h3,5-6,9-10H,2,4,7-8,11H2,1H3. The summed E-state index contributed by atoms with van der Waals surface area (Å²) >= 11 is 0. The van der Waals surface area contributed by atoms with Crippen LogP contribution in [0.1, 0.15) is 38.2 Å². The maximum absolute atomic E-state index is 11.1. The van der Waals surface area contributed by atoms with E-state index in [0.29, 0.717) is 18.6 Å². The third-order valence-corrected chi connectivity index (χ3v) is 2.95. The molecule has 0 fully saturated rings. The van der Waals surface area contributed by atoms with Gasteiger partial charge in [-0.2, -0.15) is 0 Å². The first-order valence-electron chi connectivity index (χ1n) is 6.23. The van der Waals surface area contributed by atoms with E-state index >= 15 is 0 Å². The lowest BCUT2D eigenvalue weighted by Crippen LogP contribution is -2.03. The van der Waals surface area contributed by atoms with Crippen molar-refractivity contribution in [1.29, 1.82) is 0 Å². The molecule has 0 heterocycles. The Bertz CT molecular complexity index is 415. The third kappa shape index (κ3) is 3.19. The highest BCUT2D eigenvalue weighted by Crippen LogP contribution is 2.26. The average Bonchev–Trinajstić information content (AvgIpc) is 2.38. The lowest BCUT2D eigenvalue weighted by atomic mass is 9.93. The number of ketones is 1. The van der Waals surface area contributed by atoms with Crippen molar-refractivity contribution >= 4 is 11.4 Å². The fraction of sp³-hybridized carbons (Fsp3) is 0.400. The Kier molecular flexibility index (Phi) is 3.97. The molecule has 0 bridgehead atoms. The van der Waals surface area contributed by atoms with Gasteiger partial charge >= 0.3 is 0 Å². The molecule has 0 amide bonds. The molecule has 0 aromatic heterocycles. The van der Waals surface area contributed by atoms with Crippen LogP contribution in [0.5, 0.6) is 5.75 Å². The van der Waals surface area contributed by atoms with E-state index in [1.807, 2.05) is 18.2 Å². The molecule has 0 saturated heterocycles. The molecule has 90 valence electrons. The van der Waals surface area contributed by atoms with E-state index < -0.39 is 0 Å². The maximum Gasteiger partial charge on any atom is 0.137 e. The minimum atomic E-state index is 0.344. The van der Waals surface area contributed by atoms with E-state index in [1.54, 1.807) is 0 Å². The van der Waals surface area contributed by atoms with Crippen LogP contribution in [-0.2, 0) is 4.79 Å². The quantitative estimate of drug-likeness (QED) is 0.789. The van der Waals surface area contributed by atoms with E-state index in [-0.39, 0.29) is 0 Å². The molecule has 0 atom stereocenters. The number of benzene rings is 1. The Hall–Kier alpha value is -1.57. The van der Waals surface area contributed by atoms with Crippen molar-refractivity contribution in [3.63, 3.8) is 0 Å². The Balaban J connectivity index is 2.05. The highest BCUT2D eigenvalue weighted by molar-refractivity contribution is 5.86. The Morgan fingerprint density at radius 3 is 2.53 bits per heavy atom. The summed E-state index contributed by atoms with van der Waals surface area (Å²) in [5, 5.41) is 0. The molecule has 0 unspecified atom stereocenters. The molecule has 1 aromatic rings. The lowest BCUT2D eigenvalue weighted by molar-refractivity contribution is -0.118. The molecule has 1 aliphatic rings. The molecule has 2 nitrogen and oxygen atoms in total. The lowest BCUT2D eigenvalue weighted by Gasteiger charge is -2.13. The van der Waals surface area contributed by atoms with Crippen LogP contribution < -0.4 is 4.74 Å². The van der Waals surface area contributed by atoms with Gasteiger partial charge in [0.1, 0.15) is 11.5 Å². The van der Waals surface area contributed by atoms with Gasteiger partial charge in [0.2, 0.25) is 0 Å². The zero-order valence-electron chi connectivity index (χ0n) is 10.2. The average molecular weight is 230 g/mol. The summed E-state index contributed by atoms with van der Waals surface area (Å²) in [6.07, 6.45) is 5.21. The predicted octanol–water partition coefficient (Wildman–Crippen LogP) is 3.61. The Labute approximate surface area is 102 Å². The predicted molar refractivity (Wildman–Crippen MR) is 69.1 cm³/mol. The molecule has 0 aliphatic heterocycles. The molecule has 2 rings (SSSR count).